The molecule has 3 rings (SSSR count). The van der Waals surface area contributed by atoms with E-state index in [1.54, 1.807) is 12.1 Å². The summed E-state index contributed by atoms with van der Waals surface area (Å²) in [5.74, 6) is -1.43. The normalized spacial score (nSPS) is 14.3. The average Bonchev–Trinajstić information content (AvgIpc) is 3.27. The van der Waals surface area contributed by atoms with Gasteiger partial charge >= 0.3 is 5.97 Å². The Morgan fingerprint density at radius 3 is 2.30 bits per heavy atom. The molecule has 0 unspecified atom stereocenters. The zero-order valence-corrected chi connectivity index (χ0v) is 17.3. The molecular formula is C21H22N2O6S. The zero-order valence-electron chi connectivity index (χ0n) is 16.5. The van der Waals surface area contributed by atoms with Gasteiger partial charge in [0, 0.05) is 31.3 Å². The van der Waals surface area contributed by atoms with Crippen LogP contribution in [0.15, 0.2) is 53.4 Å². The summed E-state index contributed by atoms with van der Waals surface area (Å²) in [5.41, 5.74) is 0.884. The molecule has 9 heteroatoms. The van der Waals surface area contributed by atoms with Crippen molar-refractivity contribution in [3.05, 3.63) is 59.7 Å². The van der Waals surface area contributed by atoms with E-state index in [2.05, 4.69) is 5.32 Å². The lowest BCUT2D eigenvalue weighted by Crippen LogP contribution is -2.27. The van der Waals surface area contributed by atoms with Gasteiger partial charge in [-0.1, -0.05) is 6.07 Å². The molecule has 1 fully saturated rings. The second-order valence-corrected chi connectivity index (χ2v) is 8.83. The van der Waals surface area contributed by atoms with Crippen LogP contribution in [0.5, 0.6) is 0 Å². The Morgan fingerprint density at radius 2 is 1.67 bits per heavy atom. The van der Waals surface area contributed by atoms with Gasteiger partial charge in [0.15, 0.2) is 12.4 Å². The van der Waals surface area contributed by atoms with Gasteiger partial charge in [-0.25, -0.2) is 13.2 Å². The van der Waals surface area contributed by atoms with Crippen LogP contribution in [0.25, 0.3) is 0 Å². The number of nitrogens with zero attached hydrogens (tertiary/aromatic N) is 1. The van der Waals surface area contributed by atoms with E-state index in [1.165, 1.54) is 47.6 Å². The number of carbonyl (C=O) groups is 3. The van der Waals surface area contributed by atoms with Crippen LogP contribution in [-0.4, -0.2) is 50.1 Å². The summed E-state index contributed by atoms with van der Waals surface area (Å²) in [6, 6.07) is 11.8. The molecule has 0 aromatic heterocycles. The zero-order chi connectivity index (χ0) is 21.7. The molecule has 8 nitrogen and oxygen atoms in total. The third-order valence-corrected chi connectivity index (χ3v) is 6.54. The number of Topliss-reactive ketones (excluding diaryl/α,β-unsaturated/α-hetero) is 1. The van der Waals surface area contributed by atoms with Gasteiger partial charge in [-0.15, -0.1) is 0 Å². The van der Waals surface area contributed by atoms with Gasteiger partial charge in [0.25, 0.3) is 0 Å². The van der Waals surface area contributed by atoms with Crippen molar-refractivity contribution in [3.8, 4) is 0 Å². The maximum atomic E-state index is 12.5. The quantitative estimate of drug-likeness (QED) is 0.534. The van der Waals surface area contributed by atoms with Crippen LogP contribution in [0.1, 0.15) is 40.5 Å². The molecule has 2 aromatic rings. The largest absolute Gasteiger partial charge is 0.454 e. The summed E-state index contributed by atoms with van der Waals surface area (Å²) in [7, 11) is -3.55. The third-order valence-electron chi connectivity index (χ3n) is 4.63. The summed E-state index contributed by atoms with van der Waals surface area (Å²) in [6.45, 7) is 1.87. The molecule has 30 heavy (non-hydrogen) atoms. The molecule has 1 N–H and O–H groups in total. The van der Waals surface area contributed by atoms with Gasteiger partial charge in [0.1, 0.15) is 0 Å². The van der Waals surface area contributed by atoms with Crippen LogP contribution in [0.2, 0.25) is 0 Å². The number of sulfonamides is 1. The lowest BCUT2D eigenvalue weighted by atomic mass is 10.1. The molecule has 0 aliphatic carbocycles. The maximum absolute atomic E-state index is 12.5. The molecule has 158 valence electrons. The van der Waals surface area contributed by atoms with E-state index in [9.17, 15) is 22.8 Å². The molecule has 0 atom stereocenters. The molecule has 0 radical (unpaired) electrons. The van der Waals surface area contributed by atoms with Crippen molar-refractivity contribution in [1.29, 1.82) is 0 Å². The molecule has 0 saturated carbocycles. The predicted molar refractivity (Wildman–Crippen MR) is 110 cm³/mol. The molecule has 1 aliphatic rings. The predicted octanol–water partition coefficient (Wildman–Crippen LogP) is 2.47. The molecule has 1 aliphatic heterocycles. The molecule has 1 amide bonds. The topological polar surface area (TPSA) is 110 Å². The standard InChI is InChI=1S/C21H22N2O6S/c1-15(24)22-18-6-4-5-17(13-18)21(26)29-14-20(25)16-7-9-19(10-8-16)30(27,28)23-11-2-3-12-23/h4-10,13H,2-3,11-12,14H2,1H3,(H,22,24). The Morgan fingerprint density at radius 1 is 1.00 bits per heavy atom. The molecule has 0 bridgehead atoms. The van der Waals surface area contributed by atoms with Crippen molar-refractivity contribution in [2.24, 2.45) is 0 Å². The van der Waals surface area contributed by atoms with Crippen LogP contribution in [0, 0.1) is 0 Å². The Balaban J connectivity index is 1.61. The maximum Gasteiger partial charge on any atom is 0.338 e. The smallest absolute Gasteiger partial charge is 0.338 e. The number of hydrogen-bond donors (Lipinski definition) is 1. The van der Waals surface area contributed by atoms with Crippen molar-refractivity contribution >= 4 is 33.4 Å². The van der Waals surface area contributed by atoms with Crippen LogP contribution in [-0.2, 0) is 19.6 Å². The van der Waals surface area contributed by atoms with Gasteiger partial charge in [-0.2, -0.15) is 4.31 Å². The van der Waals surface area contributed by atoms with E-state index in [0.717, 1.165) is 12.8 Å². The highest BCUT2D eigenvalue weighted by Crippen LogP contribution is 2.21. The minimum atomic E-state index is -3.55. The molecule has 2 aromatic carbocycles. The lowest BCUT2D eigenvalue weighted by molar-refractivity contribution is -0.114. The number of nitrogens with one attached hydrogen (secondary N) is 1. The van der Waals surface area contributed by atoms with E-state index in [-0.39, 0.29) is 21.9 Å². The van der Waals surface area contributed by atoms with E-state index in [1.807, 2.05) is 0 Å². The van der Waals surface area contributed by atoms with Crippen molar-refractivity contribution < 1.29 is 27.5 Å². The Labute approximate surface area is 174 Å². The van der Waals surface area contributed by atoms with Crippen LogP contribution in [0.4, 0.5) is 5.69 Å². The highest BCUT2D eigenvalue weighted by atomic mass is 32.2. The second-order valence-electron chi connectivity index (χ2n) is 6.90. The Kier molecular flexibility index (Phi) is 6.63. The second kappa shape index (κ2) is 9.19. The third kappa shape index (κ3) is 5.11. The number of amides is 1. The number of anilines is 1. The van der Waals surface area contributed by atoms with E-state index >= 15 is 0 Å². The average molecular weight is 430 g/mol. The highest BCUT2D eigenvalue weighted by molar-refractivity contribution is 7.89. The number of ether oxygens (including phenoxy) is 1. The first-order valence-corrected chi connectivity index (χ1v) is 10.9. The molecule has 1 heterocycles. The summed E-state index contributed by atoms with van der Waals surface area (Å²) in [4.78, 5) is 35.7. The summed E-state index contributed by atoms with van der Waals surface area (Å²) in [6.07, 6.45) is 1.68. The molecule has 1 saturated heterocycles. The SMILES string of the molecule is CC(=O)Nc1cccc(C(=O)OCC(=O)c2ccc(S(=O)(=O)N3CCCC3)cc2)c1. The van der Waals surface area contributed by atoms with Gasteiger partial charge in [-0.3, -0.25) is 9.59 Å². The summed E-state index contributed by atoms with van der Waals surface area (Å²) in [5, 5.41) is 2.56. The first-order chi connectivity index (χ1) is 14.3. The summed E-state index contributed by atoms with van der Waals surface area (Å²) < 4.78 is 31.5. The first kappa shape index (κ1) is 21.7. The van der Waals surface area contributed by atoms with E-state index in [0.29, 0.717) is 18.8 Å². The first-order valence-electron chi connectivity index (χ1n) is 9.45. The fourth-order valence-corrected chi connectivity index (χ4v) is 4.63. The van der Waals surface area contributed by atoms with Crippen molar-refractivity contribution in [2.45, 2.75) is 24.7 Å². The van der Waals surface area contributed by atoms with E-state index < -0.39 is 28.4 Å². The minimum absolute atomic E-state index is 0.132. The van der Waals surface area contributed by atoms with Gasteiger partial charge in [0.2, 0.25) is 15.9 Å². The lowest BCUT2D eigenvalue weighted by Gasteiger charge is -2.15. The van der Waals surface area contributed by atoms with Crippen LogP contribution >= 0.6 is 0 Å². The fraction of sp³-hybridized carbons (Fsp3) is 0.286. The van der Waals surface area contributed by atoms with Crippen LogP contribution in [0.3, 0.4) is 0 Å². The minimum Gasteiger partial charge on any atom is -0.454 e. The Hall–Kier alpha value is -3.04. The number of esters is 1. The monoisotopic (exact) mass is 430 g/mol. The molecular weight excluding hydrogens is 408 g/mol. The number of benzene rings is 2. The number of carbonyl (C=O) groups excluding carboxylic acids is 3. The van der Waals surface area contributed by atoms with Gasteiger partial charge in [-0.05, 0) is 55.3 Å². The number of ketones is 1. The summed E-state index contributed by atoms with van der Waals surface area (Å²) >= 11 is 0. The molecule has 0 spiro atoms. The van der Waals surface area contributed by atoms with Crippen molar-refractivity contribution in [1.82, 2.24) is 4.31 Å². The Bertz CT molecular complexity index is 1060. The van der Waals surface area contributed by atoms with Gasteiger partial charge in [0.05, 0.1) is 10.5 Å². The fourth-order valence-electron chi connectivity index (χ4n) is 3.12. The number of rotatable bonds is 7. The van der Waals surface area contributed by atoms with Gasteiger partial charge < -0.3 is 10.1 Å². The highest BCUT2D eigenvalue weighted by Gasteiger charge is 2.27. The van der Waals surface area contributed by atoms with Crippen LogP contribution < -0.4 is 5.32 Å². The number of hydrogen-bond acceptors (Lipinski definition) is 6. The van der Waals surface area contributed by atoms with E-state index in [4.69, 9.17) is 4.74 Å². The van der Waals surface area contributed by atoms with Crippen molar-refractivity contribution in [2.75, 3.05) is 25.0 Å². The van der Waals surface area contributed by atoms with Crippen molar-refractivity contribution in [3.63, 3.8) is 0 Å².